The number of methoxy groups -OCH3 is 1. The normalized spacial score (nSPS) is 12.2. The van der Waals surface area contributed by atoms with E-state index in [1.54, 1.807) is 6.92 Å². The molecule has 0 saturated carbocycles. The number of thioether (sulfide) groups is 1. The quantitative estimate of drug-likeness (QED) is 0.488. The largest absolute Gasteiger partial charge is 0.463 e. The Morgan fingerprint density at radius 2 is 2.29 bits per heavy atom. The van der Waals surface area contributed by atoms with Crippen molar-refractivity contribution in [3.05, 3.63) is 17.6 Å². The zero-order valence-corrected chi connectivity index (χ0v) is 11.0. The number of hydrogen-bond acceptors (Lipinski definition) is 6. The van der Waals surface area contributed by atoms with Crippen LogP contribution >= 0.6 is 11.8 Å². The van der Waals surface area contributed by atoms with Crippen LogP contribution in [0.5, 0.6) is 0 Å². The van der Waals surface area contributed by atoms with Gasteiger partial charge in [-0.25, -0.2) is 14.8 Å². The average Bonchev–Trinajstić information content (AvgIpc) is 2.27. The van der Waals surface area contributed by atoms with Crippen LogP contribution in [0.4, 0.5) is 0 Å². The highest BCUT2D eigenvalue weighted by Gasteiger charge is 2.13. The summed E-state index contributed by atoms with van der Waals surface area (Å²) in [5, 5.41) is 9.79. The van der Waals surface area contributed by atoms with E-state index in [0.717, 1.165) is 10.7 Å². The molecule has 6 heteroatoms. The van der Waals surface area contributed by atoms with E-state index in [2.05, 4.69) is 14.7 Å². The number of ether oxygens (including phenoxy) is 1. The SMILES string of the molecule is COC(=O)c1nc(C)cc(SC(C)CCO)n1. The number of nitrogens with zero attached hydrogens (tertiary/aromatic N) is 2. The van der Waals surface area contributed by atoms with Crippen LogP contribution in [0.1, 0.15) is 29.7 Å². The number of aliphatic hydroxyl groups is 1. The summed E-state index contributed by atoms with van der Waals surface area (Å²) in [6, 6.07) is 1.81. The van der Waals surface area contributed by atoms with Gasteiger partial charge < -0.3 is 9.84 Å². The first-order valence-electron chi connectivity index (χ1n) is 5.28. The van der Waals surface area contributed by atoms with Crippen molar-refractivity contribution < 1.29 is 14.6 Å². The van der Waals surface area contributed by atoms with Crippen molar-refractivity contribution in [2.24, 2.45) is 0 Å². The number of rotatable bonds is 5. The summed E-state index contributed by atoms with van der Waals surface area (Å²) < 4.78 is 4.59. The molecular weight excluding hydrogens is 240 g/mol. The van der Waals surface area contributed by atoms with Crippen molar-refractivity contribution in [2.75, 3.05) is 13.7 Å². The smallest absolute Gasteiger partial charge is 0.376 e. The van der Waals surface area contributed by atoms with Gasteiger partial charge in [0.2, 0.25) is 5.82 Å². The highest BCUT2D eigenvalue weighted by Crippen LogP contribution is 2.23. The third kappa shape index (κ3) is 4.32. The summed E-state index contributed by atoms with van der Waals surface area (Å²) in [5.74, 6) is -0.462. The molecule has 1 unspecified atom stereocenters. The van der Waals surface area contributed by atoms with Crippen molar-refractivity contribution >= 4 is 17.7 Å². The average molecular weight is 256 g/mol. The molecule has 1 heterocycles. The molecule has 1 atom stereocenters. The zero-order chi connectivity index (χ0) is 12.8. The summed E-state index contributed by atoms with van der Waals surface area (Å²) in [6.45, 7) is 3.94. The van der Waals surface area contributed by atoms with Crippen molar-refractivity contribution in [1.29, 1.82) is 0 Å². The molecule has 0 aliphatic heterocycles. The molecule has 0 aliphatic carbocycles. The van der Waals surface area contributed by atoms with Gasteiger partial charge in [0.25, 0.3) is 0 Å². The fraction of sp³-hybridized carbons (Fsp3) is 0.545. The third-order valence-corrected chi connectivity index (χ3v) is 3.14. The van der Waals surface area contributed by atoms with Crippen LogP contribution < -0.4 is 0 Å². The highest BCUT2D eigenvalue weighted by molar-refractivity contribution is 7.99. The third-order valence-electron chi connectivity index (χ3n) is 2.06. The molecule has 0 spiro atoms. The molecule has 1 aromatic rings. The molecule has 0 radical (unpaired) electrons. The molecule has 0 fully saturated rings. The topological polar surface area (TPSA) is 72.3 Å². The Balaban J connectivity index is 2.85. The molecule has 0 bridgehead atoms. The van der Waals surface area contributed by atoms with Gasteiger partial charge in [-0.15, -0.1) is 11.8 Å². The number of aliphatic hydroxyl groups excluding tert-OH is 1. The molecule has 0 aromatic carbocycles. The van der Waals surface area contributed by atoms with E-state index < -0.39 is 5.97 Å². The van der Waals surface area contributed by atoms with Gasteiger partial charge in [0.15, 0.2) is 0 Å². The maximum atomic E-state index is 11.3. The van der Waals surface area contributed by atoms with E-state index in [1.807, 2.05) is 13.0 Å². The van der Waals surface area contributed by atoms with Crippen LogP contribution in [0.3, 0.4) is 0 Å². The fourth-order valence-electron chi connectivity index (χ4n) is 1.23. The Hall–Kier alpha value is -1.14. The van der Waals surface area contributed by atoms with Crippen molar-refractivity contribution in [3.63, 3.8) is 0 Å². The van der Waals surface area contributed by atoms with Gasteiger partial charge in [-0.2, -0.15) is 0 Å². The first-order valence-corrected chi connectivity index (χ1v) is 6.16. The number of aromatic nitrogens is 2. The molecule has 1 N–H and O–H groups in total. The zero-order valence-electron chi connectivity index (χ0n) is 10.1. The second kappa shape index (κ2) is 6.56. The van der Waals surface area contributed by atoms with Crippen molar-refractivity contribution in [1.82, 2.24) is 9.97 Å². The van der Waals surface area contributed by atoms with Crippen LogP contribution in [-0.4, -0.2) is 40.0 Å². The number of carbonyl (C=O) groups excluding carboxylic acids is 1. The maximum Gasteiger partial charge on any atom is 0.376 e. The molecule has 0 aliphatic rings. The molecular formula is C11H16N2O3S. The van der Waals surface area contributed by atoms with E-state index in [9.17, 15) is 4.79 Å². The van der Waals surface area contributed by atoms with Crippen LogP contribution in [0.2, 0.25) is 0 Å². The van der Waals surface area contributed by atoms with Crippen LogP contribution in [-0.2, 0) is 4.74 Å². The predicted molar refractivity (Wildman–Crippen MR) is 65.1 cm³/mol. The monoisotopic (exact) mass is 256 g/mol. The number of hydrogen-bond donors (Lipinski definition) is 1. The van der Waals surface area contributed by atoms with Crippen LogP contribution in [0.15, 0.2) is 11.1 Å². The fourth-order valence-corrected chi connectivity index (χ4v) is 2.24. The summed E-state index contributed by atoms with van der Waals surface area (Å²) in [6.07, 6.45) is 0.682. The first-order chi connectivity index (χ1) is 8.06. The predicted octanol–water partition coefficient (Wildman–Crippen LogP) is 1.43. The van der Waals surface area contributed by atoms with E-state index in [4.69, 9.17) is 5.11 Å². The standard InChI is InChI=1S/C11H16N2O3S/c1-7-6-9(17-8(2)4-5-14)13-10(12-7)11(15)16-3/h6,8,14H,4-5H2,1-3H3. The van der Waals surface area contributed by atoms with E-state index in [1.165, 1.54) is 18.9 Å². The Kier molecular flexibility index (Phi) is 5.37. The van der Waals surface area contributed by atoms with Gasteiger partial charge in [0.1, 0.15) is 5.03 Å². The van der Waals surface area contributed by atoms with Crippen LogP contribution in [0.25, 0.3) is 0 Å². The molecule has 1 rings (SSSR count). The molecule has 0 saturated heterocycles. The Morgan fingerprint density at radius 1 is 1.59 bits per heavy atom. The molecule has 0 amide bonds. The molecule has 17 heavy (non-hydrogen) atoms. The lowest BCUT2D eigenvalue weighted by atomic mass is 10.3. The van der Waals surface area contributed by atoms with Gasteiger partial charge in [0.05, 0.1) is 7.11 Å². The van der Waals surface area contributed by atoms with Crippen LogP contribution in [0, 0.1) is 6.92 Å². The highest BCUT2D eigenvalue weighted by atomic mass is 32.2. The lowest BCUT2D eigenvalue weighted by Crippen LogP contribution is -2.09. The van der Waals surface area contributed by atoms with Crippen molar-refractivity contribution in [2.45, 2.75) is 30.5 Å². The second-order valence-electron chi connectivity index (χ2n) is 3.60. The Bertz CT molecular complexity index is 398. The summed E-state index contributed by atoms with van der Waals surface area (Å²) >= 11 is 1.51. The van der Waals surface area contributed by atoms with E-state index in [-0.39, 0.29) is 17.7 Å². The number of aryl methyl sites for hydroxylation is 1. The number of esters is 1. The van der Waals surface area contributed by atoms with Gasteiger partial charge in [-0.3, -0.25) is 0 Å². The second-order valence-corrected chi connectivity index (χ2v) is 5.06. The van der Waals surface area contributed by atoms with Gasteiger partial charge in [-0.1, -0.05) is 6.92 Å². The van der Waals surface area contributed by atoms with Crippen molar-refractivity contribution in [3.8, 4) is 0 Å². The summed E-state index contributed by atoms with van der Waals surface area (Å²) in [7, 11) is 1.30. The van der Waals surface area contributed by atoms with Gasteiger partial charge in [0, 0.05) is 17.6 Å². The van der Waals surface area contributed by atoms with E-state index in [0.29, 0.717) is 6.42 Å². The Labute approximate surface area is 105 Å². The lowest BCUT2D eigenvalue weighted by Gasteiger charge is -2.09. The molecule has 5 nitrogen and oxygen atoms in total. The van der Waals surface area contributed by atoms with Gasteiger partial charge >= 0.3 is 5.97 Å². The number of carbonyl (C=O) groups is 1. The minimum Gasteiger partial charge on any atom is -0.463 e. The van der Waals surface area contributed by atoms with E-state index >= 15 is 0 Å². The summed E-state index contributed by atoms with van der Waals surface area (Å²) in [4.78, 5) is 19.5. The summed E-state index contributed by atoms with van der Waals surface area (Å²) in [5.41, 5.74) is 0.721. The maximum absolute atomic E-state index is 11.3. The molecule has 1 aromatic heterocycles. The minimum absolute atomic E-state index is 0.0752. The minimum atomic E-state index is -0.537. The first kappa shape index (κ1) is 13.9. The lowest BCUT2D eigenvalue weighted by molar-refractivity contribution is 0.0585. The molecule has 94 valence electrons. The Morgan fingerprint density at radius 3 is 2.88 bits per heavy atom. The van der Waals surface area contributed by atoms with Gasteiger partial charge in [-0.05, 0) is 19.4 Å².